The van der Waals surface area contributed by atoms with Crippen molar-refractivity contribution in [1.29, 1.82) is 0 Å². The van der Waals surface area contributed by atoms with Crippen LogP contribution in [0.5, 0.6) is 0 Å². The molecule has 2 heterocycles. The largest absolute Gasteiger partial charge is 0.342 e. The van der Waals surface area contributed by atoms with Gasteiger partial charge in [0.2, 0.25) is 15.9 Å². The Bertz CT molecular complexity index is 978. The molecule has 8 heteroatoms. The molecule has 0 spiro atoms. The molecule has 1 aliphatic carbocycles. The lowest BCUT2D eigenvalue weighted by Crippen LogP contribution is -2.53. The molecule has 1 saturated heterocycles. The maximum Gasteiger partial charge on any atom is 0.250 e. The molecule has 162 valence electrons. The Kier molecular flexibility index (Phi) is 6.27. The minimum atomic E-state index is -3.51. The van der Waals surface area contributed by atoms with Crippen molar-refractivity contribution in [3.05, 3.63) is 53.2 Å². The molecule has 5 nitrogen and oxygen atoms in total. The molecule has 30 heavy (non-hydrogen) atoms. The SMILES string of the molecule is O=C(N1CCC(NS(=O)(=O)c2cccs2)CC1)C1(c2cccc(F)c2)CCCCC1. The van der Waals surface area contributed by atoms with Crippen LogP contribution in [0, 0.1) is 5.82 Å². The second kappa shape index (κ2) is 8.77. The fraction of sp³-hybridized carbons (Fsp3) is 0.500. The van der Waals surface area contributed by atoms with E-state index in [0.717, 1.165) is 37.7 Å². The molecule has 2 aliphatic rings. The van der Waals surface area contributed by atoms with Crippen LogP contribution < -0.4 is 4.72 Å². The normalized spacial score (nSPS) is 20.2. The number of rotatable bonds is 5. The summed E-state index contributed by atoms with van der Waals surface area (Å²) < 4.78 is 42.0. The molecule has 0 atom stereocenters. The van der Waals surface area contributed by atoms with E-state index in [-0.39, 0.29) is 17.8 Å². The molecule has 4 rings (SSSR count). The first-order valence-electron chi connectivity index (χ1n) is 10.5. The predicted octanol–water partition coefficient (Wildman–Crippen LogP) is 4.06. The van der Waals surface area contributed by atoms with Gasteiger partial charge in [0.15, 0.2) is 0 Å². The molecular formula is C22H27FN2O3S2. The van der Waals surface area contributed by atoms with Crippen LogP contribution in [0.3, 0.4) is 0 Å². The van der Waals surface area contributed by atoms with Crippen LogP contribution in [0.25, 0.3) is 0 Å². The first-order chi connectivity index (χ1) is 14.4. The minimum absolute atomic E-state index is 0.0624. The lowest BCUT2D eigenvalue weighted by atomic mass is 9.68. The molecule has 0 bridgehead atoms. The van der Waals surface area contributed by atoms with Crippen LogP contribution in [0.4, 0.5) is 4.39 Å². The summed E-state index contributed by atoms with van der Waals surface area (Å²) in [4.78, 5) is 15.5. The number of halogens is 1. The number of carbonyl (C=O) groups is 1. The molecule has 2 fully saturated rings. The number of benzene rings is 1. The first kappa shape index (κ1) is 21.5. The highest BCUT2D eigenvalue weighted by Crippen LogP contribution is 2.41. The van der Waals surface area contributed by atoms with Gasteiger partial charge >= 0.3 is 0 Å². The monoisotopic (exact) mass is 450 g/mol. The van der Waals surface area contributed by atoms with E-state index in [1.165, 1.54) is 23.5 Å². The Morgan fingerprint density at radius 1 is 1.10 bits per heavy atom. The first-order valence-corrected chi connectivity index (χ1v) is 12.9. The van der Waals surface area contributed by atoms with Crippen LogP contribution in [-0.4, -0.2) is 38.4 Å². The Morgan fingerprint density at radius 3 is 2.47 bits per heavy atom. The zero-order chi connectivity index (χ0) is 21.2. The second-order valence-electron chi connectivity index (χ2n) is 8.27. The summed E-state index contributed by atoms with van der Waals surface area (Å²) >= 11 is 1.20. The maximum atomic E-state index is 13.9. The molecule has 0 radical (unpaired) electrons. The number of hydrogen-bond acceptors (Lipinski definition) is 4. The highest BCUT2D eigenvalue weighted by atomic mass is 32.2. The standard InChI is InChI=1S/C22H27FN2O3S2/c23-18-7-4-6-17(16-18)22(11-2-1-3-12-22)21(26)25-13-9-19(10-14-25)24-30(27,28)20-8-5-15-29-20/h4-8,15-16,19,24H,1-3,9-14H2. The van der Waals surface area contributed by atoms with E-state index in [1.54, 1.807) is 23.6 Å². The molecule has 0 unspecified atom stereocenters. The van der Waals surface area contributed by atoms with E-state index in [9.17, 15) is 17.6 Å². The van der Waals surface area contributed by atoms with E-state index in [2.05, 4.69) is 4.72 Å². The van der Waals surface area contributed by atoms with E-state index < -0.39 is 15.4 Å². The van der Waals surface area contributed by atoms with Gasteiger partial charge in [0, 0.05) is 19.1 Å². The van der Waals surface area contributed by atoms with Crippen LogP contribution in [-0.2, 0) is 20.2 Å². The summed E-state index contributed by atoms with van der Waals surface area (Å²) in [5.41, 5.74) is 0.108. The van der Waals surface area contributed by atoms with Crippen LogP contribution >= 0.6 is 11.3 Å². The van der Waals surface area contributed by atoms with Crippen molar-refractivity contribution in [2.24, 2.45) is 0 Å². The summed E-state index contributed by atoms with van der Waals surface area (Å²) in [6.45, 7) is 1.01. The third-order valence-electron chi connectivity index (χ3n) is 6.36. The molecule has 1 amide bonds. The Hall–Kier alpha value is -1.77. The lowest BCUT2D eigenvalue weighted by Gasteiger charge is -2.42. The third kappa shape index (κ3) is 4.31. The minimum Gasteiger partial charge on any atom is -0.342 e. The summed E-state index contributed by atoms with van der Waals surface area (Å²) in [5.74, 6) is -0.251. The number of amides is 1. The summed E-state index contributed by atoms with van der Waals surface area (Å²) in [6, 6.07) is 9.60. The van der Waals surface area contributed by atoms with Gasteiger partial charge in [0.25, 0.3) is 0 Å². The van der Waals surface area contributed by atoms with Crippen LogP contribution in [0.1, 0.15) is 50.5 Å². The van der Waals surface area contributed by atoms with Gasteiger partial charge in [-0.2, -0.15) is 0 Å². The van der Waals surface area contributed by atoms with Crippen LogP contribution in [0.2, 0.25) is 0 Å². The van der Waals surface area contributed by atoms with Crippen molar-refractivity contribution < 1.29 is 17.6 Å². The van der Waals surface area contributed by atoms with Gasteiger partial charge in [0.05, 0.1) is 5.41 Å². The number of piperidine rings is 1. The third-order valence-corrected chi connectivity index (χ3v) is 9.28. The van der Waals surface area contributed by atoms with Gasteiger partial charge in [-0.1, -0.05) is 37.5 Å². The summed E-state index contributed by atoms with van der Waals surface area (Å²) in [5, 5.41) is 1.74. The van der Waals surface area contributed by atoms with Gasteiger partial charge in [-0.15, -0.1) is 11.3 Å². The number of thiophene rings is 1. The Morgan fingerprint density at radius 2 is 1.83 bits per heavy atom. The highest BCUT2D eigenvalue weighted by molar-refractivity contribution is 7.91. The van der Waals surface area contributed by atoms with Crippen LogP contribution in [0.15, 0.2) is 46.0 Å². The lowest BCUT2D eigenvalue weighted by molar-refractivity contribution is -0.140. The fourth-order valence-corrected chi connectivity index (χ4v) is 7.08. The maximum absolute atomic E-state index is 13.9. The van der Waals surface area contributed by atoms with Gasteiger partial charge in [0.1, 0.15) is 10.0 Å². The number of sulfonamides is 1. The van der Waals surface area contributed by atoms with Crippen molar-refractivity contribution in [3.63, 3.8) is 0 Å². The zero-order valence-electron chi connectivity index (χ0n) is 16.8. The Balaban J connectivity index is 1.46. The summed E-state index contributed by atoms with van der Waals surface area (Å²) in [6.07, 6.45) is 5.64. The average Bonchev–Trinajstić information content (AvgIpc) is 3.30. The predicted molar refractivity (Wildman–Crippen MR) is 115 cm³/mol. The molecule has 1 saturated carbocycles. The average molecular weight is 451 g/mol. The number of nitrogens with one attached hydrogen (secondary N) is 1. The van der Waals surface area contributed by atoms with E-state index in [4.69, 9.17) is 0 Å². The highest BCUT2D eigenvalue weighted by Gasteiger charge is 2.44. The fourth-order valence-electron chi connectivity index (χ4n) is 4.76. The van der Waals surface area contributed by atoms with Crippen molar-refractivity contribution in [2.45, 2.75) is 60.6 Å². The zero-order valence-corrected chi connectivity index (χ0v) is 18.5. The van der Waals surface area contributed by atoms with E-state index >= 15 is 0 Å². The Labute approximate surface area is 181 Å². The van der Waals surface area contributed by atoms with Gasteiger partial charge in [-0.25, -0.2) is 17.5 Å². The van der Waals surface area contributed by atoms with Crippen molar-refractivity contribution >= 4 is 27.3 Å². The second-order valence-corrected chi connectivity index (χ2v) is 11.2. The van der Waals surface area contributed by atoms with E-state index in [0.29, 0.717) is 30.1 Å². The van der Waals surface area contributed by atoms with Gasteiger partial charge in [-0.3, -0.25) is 4.79 Å². The summed E-state index contributed by atoms with van der Waals surface area (Å²) in [7, 11) is -3.51. The quantitative estimate of drug-likeness (QED) is 0.747. The van der Waals surface area contributed by atoms with Gasteiger partial charge < -0.3 is 4.90 Å². The van der Waals surface area contributed by atoms with Gasteiger partial charge in [-0.05, 0) is 54.8 Å². The molecule has 1 aromatic heterocycles. The topological polar surface area (TPSA) is 66.5 Å². The number of hydrogen-bond donors (Lipinski definition) is 1. The van der Waals surface area contributed by atoms with Crippen molar-refractivity contribution in [2.75, 3.05) is 13.1 Å². The van der Waals surface area contributed by atoms with Crippen molar-refractivity contribution in [3.8, 4) is 0 Å². The van der Waals surface area contributed by atoms with E-state index in [1.807, 2.05) is 11.0 Å². The molecule has 1 aliphatic heterocycles. The smallest absolute Gasteiger partial charge is 0.250 e. The number of carbonyl (C=O) groups excluding carboxylic acids is 1. The molecule has 2 aromatic rings. The number of likely N-dealkylation sites (tertiary alicyclic amines) is 1. The number of nitrogens with zero attached hydrogens (tertiary/aromatic N) is 1. The molecular weight excluding hydrogens is 423 g/mol. The molecule has 1 aromatic carbocycles. The van der Waals surface area contributed by atoms with Crippen molar-refractivity contribution in [1.82, 2.24) is 9.62 Å². The molecule has 1 N–H and O–H groups in total.